The van der Waals surface area contributed by atoms with Crippen LogP contribution < -0.4 is 0 Å². The number of likely N-dealkylation sites (tertiary alicyclic amines) is 1. The Bertz CT molecular complexity index is 406. The van der Waals surface area contributed by atoms with Crippen LogP contribution in [0.5, 0.6) is 0 Å². The molecule has 0 bridgehead atoms. The Morgan fingerprint density at radius 3 is 2.42 bits per heavy atom. The van der Waals surface area contributed by atoms with E-state index < -0.39 is 17.6 Å². The predicted molar refractivity (Wildman–Crippen MR) is 68.7 cm³/mol. The average molecular weight is 267 g/mol. The fourth-order valence-corrected chi connectivity index (χ4v) is 2.23. The molecule has 0 radical (unpaired) electrons. The van der Waals surface area contributed by atoms with Gasteiger partial charge in [-0.2, -0.15) is 0 Å². The summed E-state index contributed by atoms with van der Waals surface area (Å²) in [7, 11) is 0. The fourth-order valence-electron chi connectivity index (χ4n) is 2.23. The number of amides is 1. The normalized spacial score (nSPS) is 24.3. The average Bonchev–Trinajstić information content (AvgIpc) is 3.10. The number of carbonyl (C=O) groups is 3. The van der Waals surface area contributed by atoms with Gasteiger partial charge in [0, 0.05) is 25.4 Å². The van der Waals surface area contributed by atoms with Gasteiger partial charge in [-0.15, -0.1) is 0 Å². The van der Waals surface area contributed by atoms with Crippen molar-refractivity contribution >= 4 is 17.7 Å². The van der Waals surface area contributed by atoms with Crippen LogP contribution in [0.25, 0.3) is 0 Å². The van der Waals surface area contributed by atoms with Gasteiger partial charge >= 0.3 is 6.09 Å². The minimum Gasteiger partial charge on any atom is -0.444 e. The lowest BCUT2D eigenvalue weighted by atomic mass is 9.90. The van der Waals surface area contributed by atoms with Crippen molar-refractivity contribution in [1.29, 1.82) is 0 Å². The van der Waals surface area contributed by atoms with Crippen molar-refractivity contribution in [3.63, 3.8) is 0 Å². The van der Waals surface area contributed by atoms with Gasteiger partial charge < -0.3 is 9.64 Å². The quantitative estimate of drug-likeness (QED) is 0.716. The second-order valence-corrected chi connectivity index (χ2v) is 6.37. The van der Waals surface area contributed by atoms with Crippen molar-refractivity contribution in [3.05, 3.63) is 0 Å². The standard InChI is InChI=1S/C14H21NO4/c1-14(2,3)19-13(18)15-7-6-11(16)10(8-15)12(17)9-4-5-9/h9-10H,4-8H2,1-3H3/t10-/m1/s1. The first kappa shape index (κ1) is 14.0. The second kappa shape index (κ2) is 4.94. The first-order valence-electron chi connectivity index (χ1n) is 6.82. The van der Waals surface area contributed by atoms with E-state index in [0.29, 0.717) is 6.54 Å². The van der Waals surface area contributed by atoms with Crippen LogP contribution in [0, 0.1) is 11.8 Å². The Morgan fingerprint density at radius 1 is 1.26 bits per heavy atom. The number of ether oxygens (including phenoxy) is 1. The number of hydrogen-bond donors (Lipinski definition) is 0. The van der Waals surface area contributed by atoms with E-state index in [9.17, 15) is 14.4 Å². The summed E-state index contributed by atoms with van der Waals surface area (Å²) in [6.07, 6.45) is 1.58. The molecule has 5 heteroatoms. The zero-order valence-corrected chi connectivity index (χ0v) is 11.8. The van der Waals surface area contributed by atoms with E-state index in [1.54, 1.807) is 20.8 Å². The number of Topliss-reactive ketones (excluding diaryl/α,β-unsaturated/α-hetero) is 2. The molecule has 1 saturated heterocycles. The molecule has 19 heavy (non-hydrogen) atoms. The van der Waals surface area contributed by atoms with Gasteiger partial charge in [-0.25, -0.2) is 4.79 Å². The minimum absolute atomic E-state index is 0.0123. The molecule has 2 aliphatic rings. The van der Waals surface area contributed by atoms with Crippen LogP contribution in [0.15, 0.2) is 0 Å². The highest BCUT2D eigenvalue weighted by Gasteiger charge is 2.42. The number of carbonyl (C=O) groups excluding carboxylic acids is 3. The highest BCUT2D eigenvalue weighted by atomic mass is 16.6. The van der Waals surface area contributed by atoms with Crippen LogP contribution in [0.2, 0.25) is 0 Å². The Morgan fingerprint density at radius 2 is 1.89 bits per heavy atom. The molecular weight excluding hydrogens is 246 g/mol. The fraction of sp³-hybridized carbons (Fsp3) is 0.786. The van der Waals surface area contributed by atoms with E-state index >= 15 is 0 Å². The number of ketones is 2. The molecule has 1 aliphatic heterocycles. The van der Waals surface area contributed by atoms with Gasteiger partial charge in [0.15, 0.2) is 0 Å². The molecule has 1 saturated carbocycles. The van der Waals surface area contributed by atoms with Gasteiger partial charge in [-0.1, -0.05) is 0 Å². The molecule has 0 aromatic rings. The topological polar surface area (TPSA) is 63.7 Å². The van der Waals surface area contributed by atoms with E-state index in [1.165, 1.54) is 4.90 Å². The zero-order valence-electron chi connectivity index (χ0n) is 11.8. The molecule has 0 aromatic carbocycles. The maximum absolute atomic E-state index is 12.0. The summed E-state index contributed by atoms with van der Waals surface area (Å²) >= 11 is 0. The number of nitrogens with zero attached hydrogens (tertiary/aromatic N) is 1. The largest absolute Gasteiger partial charge is 0.444 e. The van der Waals surface area contributed by atoms with Crippen LogP contribution in [-0.4, -0.2) is 41.3 Å². The Hall–Kier alpha value is -1.39. The number of rotatable bonds is 2. The van der Waals surface area contributed by atoms with Gasteiger partial charge in [-0.3, -0.25) is 9.59 Å². The molecular formula is C14H21NO4. The number of hydrogen-bond acceptors (Lipinski definition) is 4. The van der Waals surface area contributed by atoms with Gasteiger partial charge in [0.2, 0.25) is 0 Å². The zero-order chi connectivity index (χ0) is 14.2. The molecule has 1 amide bonds. The van der Waals surface area contributed by atoms with Crippen LogP contribution in [-0.2, 0) is 14.3 Å². The van der Waals surface area contributed by atoms with Crippen LogP contribution in [0.3, 0.4) is 0 Å². The van der Waals surface area contributed by atoms with E-state index in [-0.39, 0.29) is 30.4 Å². The summed E-state index contributed by atoms with van der Waals surface area (Å²) in [6, 6.07) is 0. The Balaban J connectivity index is 1.98. The van der Waals surface area contributed by atoms with Gasteiger partial charge in [0.05, 0.1) is 5.92 Å². The third-order valence-corrected chi connectivity index (χ3v) is 3.39. The predicted octanol–water partition coefficient (Wildman–Crippen LogP) is 1.79. The molecule has 0 aromatic heterocycles. The second-order valence-electron chi connectivity index (χ2n) is 6.37. The van der Waals surface area contributed by atoms with E-state index in [0.717, 1.165) is 12.8 Å². The third kappa shape index (κ3) is 3.55. The first-order chi connectivity index (χ1) is 8.78. The van der Waals surface area contributed by atoms with Crippen molar-refractivity contribution in [2.45, 2.75) is 45.6 Å². The first-order valence-corrected chi connectivity index (χ1v) is 6.82. The van der Waals surface area contributed by atoms with Crippen molar-refractivity contribution in [2.75, 3.05) is 13.1 Å². The summed E-state index contributed by atoms with van der Waals surface area (Å²) in [4.78, 5) is 37.3. The van der Waals surface area contributed by atoms with Crippen LogP contribution >= 0.6 is 0 Å². The lowest BCUT2D eigenvalue weighted by Gasteiger charge is -2.32. The SMILES string of the molecule is CC(C)(C)OC(=O)N1CCC(=O)[C@H](C(=O)C2CC2)C1. The van der Waals surface area contributed by atoms with Crippen molar-refractivity contribution in [2.24, 2.45) is 11.8 Å². The smallest absolute Gasteiger partial charge is 0.410 e. The molecule has 0 unspecified atom stereocenters. The third-order valence-electron chi connectivity index (χ3n) is 3.39. The molecule has 1 heterocycles. The molecule has 2 fully saturated rings. The lowest BCUT2D eigenvalue weighted by molar-refractivity contribution is -0.136. The van der Waals surface area contributed by atoms with Gasteiger partial charge in [-0.05, 0) is 33.6 Å². The van der Waals surface area contributed by atoms with Crippen LogP contribution in [0.1, 0.15) is 40.0 Å². The lowest BCUT2D eigenvalue weighted by Crippen LogP contribution is -2.48. The minimum atomic E-state index is -0.631. The summed E-state index contributed by atoms with van der Waals surface area (Å²) in [5.74, 6) is -0.601. The molecule has 0 spiro atoms. The Kier molecular flexibility index (Phi) is 3.65. The summed E-state index contributed by atoms with van der Waals surface area (Å²) in [5, 5.41) is 0. The maximum Gasteiger partial charge on any atom is 0.410 e. The molecule has 5 nitrogen and oxygen atoms in total. The maximum atomic E-state index is 12.0. The van der Waals surface area contributed by atoms with E-state index in [1.807, 2.05) is 0 Å². The molecule has 1 aliphatic carbocycles. The number of piperidine rings is 1. The summed E-state index contributed by atoms with van der Waals surface area (Å²) in [5.41, 5.74) is -0.561. The van der Waals surface area contributed by atoms with Crippen molar-refractivity contribution < 1.29 is 19.1 Å². The monoisotopic (exact) mass is 267 g/mol. The molecule has 106 valence electrons. The van der Waals surface area contributed by atoms with Gasteiger partial charge in [0.1, 0.15) is 17.2 Å². The molecule has 0 N–H and O–H groups in total. The van der Waals surface area contributed by atoms with E-state index in [4.69, 9.17) is 4.74 Å². The van der Waals surface area contributed by atoms with Crippen molar-refractivity contribution in [3.8, 4) is 0 Å². The highest BCUT2D eigenvalue weighted by molar-refractivity contribution is 6.05. The van der Waals surface area contributed by atoms with Crippen molar-refractivity contribution in [1.82, 2.24) is 4.90 Å². The van der Waals surface area contributed by atoms with E-state index in [2.05, 4.69) is 0 Å². The Labute approximate surface area is 113 Å². The highest BCUT2D eigenvalue weighted by Crippen LogP contribution is 2.34. The van der Waals surface area contributed by atoms with Crippen LogP contribution in [0.4, 0.5) is 4.79 Å². The van der Waals surface area contributed by atoms with Gasteiger partial charge in [0.25, 0.3) is 0 Å². The summed E-state index contributed by atoms with van der Waals surface area (Å²) < 4.78 is 5.28. The molecule has 2 rings (SSSR count). The molecule has 1 atom stereocenters. The summed E-state index contributed by atoms with van der Waals surface area (Å²) in [6.45, 7) is 5.93.